The van der Waals surface area contributed by atoms with Crippen LogP contribution in [0.1, 0.15) is 37.8 Å². The van der Waals surface area contributed by atoms with E-state index in [1.54, 1.807) is 12.1 Å². The van der Waals surface area contributed by atoms with Gasteiger partial charge in [-0.15, -0.1) is 0 Å². The average Bonchev–Trinajstić information content (AvgIpc) is 2.73. The number of hydrogen-bond acceptors (Lipinski definition) is 5. The standard InChI is InChI=1S/C24H33N3O4S2/c1-17-8-9-18(2)21(16-17)31-15-7-14-24(3,4)22(28)26-23(32)25-19-10-12-20(13-11-19)33(29,30)27(5)6/h8-13,16H,7,14-15H2,1-6H3,(H2,25,26,28,32). The Bertz CT molecular complexity index is 1100. The second-order valence-corrected chi connectivity index (χ2v) is 11.4. The number of sulfonamides is 1. The molecule has 33 heavy (non-hydrogen) atoms. The molecule has 1 amide bonds. The SMILES string of the molecule is Cc1ccc(C)c(OCCCC(C)(C)C(=O)NC(=S)Nc2ccc(S(=O)(=O)N(C)C)cc2)c1. The Balaban J connectivity index is 1.85. The number of thiocarbonyl (C=S) groups is 1. The summed E-state index contributed by atoms with van der Waals surface area (Å²) in [5.41, 5.74) is 2.17. The van der Waals surface area contributed by atoms with Gasteiger partial charge in [-0.3, -0.25) is 4.79 Å². The molecule has 180 valence electrons. The fraction of sp³-hybridized carbons (Fsp3) is 0.417. The third-order valence-corrected chi connectivity index (χ3v) is 7.31. The lowest BCUT2D eigenvalue weighted by molar-refractivity contribution is -0.128. The van der Waals surface area contributed by atoms with E-state index in [4.69, 9.17) is 17.0 Å². The fourth-order valence-electron chi connectivity index (χ4n) is 3.03. The number of anilines is 1. The molecule has 2 aromatic carbocycles. The van der Waals surface area contributed by atoms with E-state index >= 15 is 0 Å². The molecule has 2 rings (SSSR count). The molecule has 0 unspecified atom stereocenters. The van der Waals surface area contributed by atoms with Crippen LogP contribution in [0.4, 0.5) is 5.69 Å². The zero-order valence-electron chi connectivity index (χ0n) is 20.1. The van der Waals surface area contributed by atoms with Crippen LogP contribution in [0.15, 0.2) is 47.4 Å². The number of carbonyl (C=O) groups excluding carboxylic acids is 1. The number of carbonyl (C=O) groups is 1. The van der Waals surface area contributed by atoms with Gasteiger partial charge in [0.2, 0.25) is 15.9 Å². The molecule has 2 aromatic rings. The van der Waals surface area contributed by atoms with Crippen LogP contribution >= 0.6 is 12.2 Å². The summed E-state index contributed by atoms with van der Waals surface area (Å²) in [4.78, 5) is 12.9. The molecule has 0 aliphatic rings. The van der Waals surface area contributed by atoms with Crippen LogP contribution in [-0.4, -0.2) is 44.4 Å². The maximum atomic E-state index is 12.7. The summed E-state index contributed by atoms with van der Waals surface area (Å²) in [6.07, 6.45) is 1.35. The van der Waals surface area contributed by atoms with Gasteiger partial charge in [-0.1, -0.05) is 26.0 Å². The lowest BCUT2D eigenvalue weighted by Gasteiger charge is -2.24. The van der Waals surface area contributed by atoms with Crippen LogP contribution < -0.4 is 15.4 Å². The second kappa shape index (κ2) is 11.1. The average molecular weight is 492 g/mol. The summed E-state index contributed by atoms with van der Waals surface area (Å²) in [6.45, 7) is 8.28. The number of nitrogens with zero attached hydrogens (tertiary/aromatic N) is 1. The molecule has 0 bridgehead atoms. The molecule has 0 fully saturated rings. The number of ether oxygens (including phenoxy) is 1. The zero-order chi connectivity index (χ0) is 24.8. The van der Waals surface area contributed by atoms with Gasteiger partial charge in [0.05, 0.1) is 11.5 Å². The topological polar surface area (TPSA) is 87.7 Å². The van der Waals surface area contributed by atoms with Crippen molar-refractivity contribution in [1.82, 2.24) is 9.62 Å². The van der Waals surface area contributed by atoms with Crippen LogP contribution in [0, 0.1) is 19.3 Å². The highest BCUT2D eigenvalue weighted by Crippen LogP contribution is 2.24. The third kappa shape index (κ3) is 7.52. The highest BCUT2D eigenvalue weighted by Gasteiger charge is 2.28. The minimum atomic E-state index is -3.50. The van der Waals surface area contributed by atoms with Crippen LogP contribution in [0.3, 0.4) is 0 Å². The van der Waals surface area contributed by atoms with E-state index in [1.807, 2.05) is 45.9 Å². The van der Waals surface area contributed by atoms with E-state index in [1.165, 1.54) is 26.2 Å². The molecule has 0 aliphatic heterocycles. The van der Waals surface area contributed by atoms with Crippen LogP contribution in [0.25, 0.3) is 0 Å². The van der Waals surface area contributed by atoms with E-state index in [-0.39, 0.29) is 15.9 Å². The van der Waals surface area contributed by atoms with Crippen LogP contribution in [0.5, 0.6) is 5.75 Å². The smallest absolute Gasteiger partial charge is 0.242 e. The highest BCUT2D eigenvalue weighted by molar-refractivity contribution is 7.89. The van der Waals surface area contributed by atoms with Gasteiger partial charge >= 0.3 is 0 Å². The van der Waals surface area contributed by atoms with Crippen molar-refractivity contribution in [1.29, 1.82) is 0 Å². The maximum Gasteiger partial charge on any atom is 0.242 e. The van der Waals surface area contributed by atoms with Crippen molar-refractivity contribution in [2.45, 2.75) is 45.4 Å². The normalized spacial score (nSPS) is 11.8. The van der Waals surface area contributed by atoms with E-state index < -0.39 is 15.4 Å². The van der Waals surface area contributed by atoms with E-state index in [0.717, 1.165) is 27.6 Å². The number of benzene rings is 2. The first-order chi connectivity index (χ1) is 15.3. The van der Waals surface area contributed by atoms with Gasteiger partial charge in [-0.05, 0) is 80.4 Å². The van der Waals surface area contributed by atoms with E-state index in [2.05, 4.69) is 10.6 Å². The first-order valence-electron chi connectivity index (χ1n) is 10.7. The first-order valence-corrected chi connectivity index (χ1v) is 12.5. The molecular formula is C24H33N3O4S2. The predicted molar refractivity (Wildman–Crippen MR) is 136 cm³/mol. The van der Waals surface area contributed by atoms with Gasteiger partial charge in [0.25, 0.3) is 0 Å². The van der Waals surface area contributed by atoms with Crippen molar-refractivity contribution in [2.24, 2.45) is 5.41 Å². The Hall–Kier alpha value is -2.49. The number of amides is 1. The van der Waals surface area contributed by atoms with Crippen molar-refractivity contribution in [3.05, 3.63) is 53.6 Å². The number of nitrogens with one attached hydrogen (secondary N) is 2. The molecule has 0 radical (unpaired) electrons. The lowest BCUT2D eigenvalue weighted by atomic mass is 9.87. The predicted octanol–water partition coefficient (Wildman–Crippen LogP) is 4.25. The molecular weight excluding hydrogens is 458 g/mol. The molecule has 0 heterocycles. The fourth-order valence-corrected chi connectivity index (χ4v) is 4.14. The number of rotatable bonds is 9. The van der Waals surface area contributed by atoms with Crippen molar-refractivity contribution in [3.63, 3.8) is 0 Å². The summed E-state index contributed by atoms with van der Waals surface area (Å²) in [6, 6.07) is 12.3. The van der Waals surface area contributed by atoms with Gasteiger partial charge < -0.3 is 15.4 Å². The van der Waals surface area contributed by atoms with Gasteiger partial charge in [0.1, 0.15) is 5.75 Å². The largest absolute Gasteiger partial charge is 0.493 e. The summed E-state index contributed by atoms with van der Waals surface area (Å²) in [5.74, 6) is 0.672. The van der Waals surface area contributed by atoms with Crippen LogP contribution in [0.2, 0.25) is 0 Å². The van der Waals surface area contributed by atoms with Crippen LogP contribution in [-0.2, 0) is 14.8 Å². The molecule has 0 atom stereocenters. The Morgan fingerprint density at radius 3 is 2.33 bits per heavy atom. The van der Waals surface area contributed by atoms with E-state index in [0.29, 0.717) is 18.7 Å². The van der Waals surface area contributed by atoms with Crippen molar-refractivity contribution < 1.29 is 17.9 Å². The molecule has 9 heteroatoms. The van der Waals surface area contributed by atoms with Crippen molar-refractivity contribution in [3.8, 4) is 5.75 Å². The first kappa shape index (κ1) is 26.8. The molecule has 0 aromatic heterocycles. The Morgan fingerprint density at radius 2 is 1.73 bits per heavy atom. The summed E-state index contributed by atoms with van der Waals surface area (Å²) < 4.78 is 31.3. The molecule has 0 saturated heterocycles. The molecule has 0 spiro atoms. The molecule has 7 nitrogen and oxygen atoms in total. The van der Waals surface area contributed by atoms with Gasteiger partial charge in [0, 0.05) is 25.2 Å². The summed E-state index contributed by atoms with van der Waals surface area (Å²) in [7, 11) is -0.550. The number of hydrogen-bond donors (Lipinski definition) is 2. The lowest BCUT2D eigenvalue weighted by Crippen LogP contribution is -2.42. The van der Waals surface area contributed by atoms with Crippen molar-refractivity contribution >= 4 is 38.9 Å². The molecule has 2 N–H and O–H groups in total. The summed E-state index contributed by atoms with van der Waals surface area (Å²) >= 11 is 5.26. The Labute approximate surface area is 202 Å². The molecule has 0 aliphatic carbocycles. The monoisotopic (exact) mass is 491 g/mol. The van der Waals surface area contributed by atoms with Gasteiger partial charge in [-0.25, -0.2) is 12.7 Å². The molecule has 0 saturated carbocycles. The Morgan fingerprint density at radius 1 is 1.09 bits per heavy atom. The maximum absolute atomic E-state index is 12.7. The zero-order valence-corrected chi connectivity index (χ0v) is 21.7. The highest BCUT2D eigenvalue weighted by atomic mass is 32.2. The Kier molecular flexibility index (Phi) is 8.99. The third-order valence-electron chi connectivity index (χ3n) is 5.28. The quantitative estimate of drug-likeness (QED) is 0.403. The van der Waals surface area contributed by atoms with Gasteiger partial charge in [-0.2, -0.15) is 0 Å². The van der Waals surface area contributed by atoms with Crippen molar-refractivity contribution in [2.75, 3.05) is 26.0 Å². The summed E-state index contributed by atoms with van der Waals surface area (Å²) in [5, 5.41) is 5.80. The van der Waals surface area contributed by atoms with Gasteiger partial charge in [0.15, 0.2) is 5.11 Å². The minimum Gasteiger partial charge on any atom is -0.493 e. The number of aryl methyl sites for hydroxylation is 2. The minimum absolute atomic E-state index is 0.155. The second-order valence-electron chi connectivity index (χ2n) is 8.82. The van der Waals surface area contributed by atoms with E-state index in [9.17, 15) is 13.2 Å².